The van der Waals surface area contributed by atoms with Crippen molar-refractivity contribution >= 4 is 11.7 Å². The van der Waals surface area contributed by atoms with Crippen LogP contribution in [0.15, 0.2) is 24.3 Å². The van der Waals surface area contributed by atoms with E-state index in [0.717, 1.165) is 43.4 Å². The second-order valence-corrected chi connectivity index (χ2v) is 5.73. The molecule has 0 radical (unpaired) electrons. The summed E-state index contributed by atoms with van der Waals surface area (Å²) in [5, 5.41) is 12.9. The molecule has 0 atom stereocenters. The van der Waals surface area contributed by atoms with Crippen molar-refractivity contribution in [3.63, 3.8) is 0 Å². The van der Waals surface area contributed by atoms with Crippen molar-refractivity contribution in [2.75, 3.05) is 5.32 Å². The summed E-state index contributed by atoms with van der Waals surface area (Å²) in [6.07, 6.45) is 4.59. The molecule has 19 heavy (non-hydrogen) atoms. The second kappa shape index (κ2) is 5.64. The number of nitrogens with one attached hydrogen (secondary N) is 1. The fourth-order valence-corrected chi connectivity index (χ4v) is 2.97. The Kier molecular flexibility index (Phi) is 4.13. The maximum absolute atomic E-state index is 11.7. The van der Waals surface area contributed by atoms with Crippen molar-refractivity contribution in [1.82, 2.24) is 0 Å². The molecule has 104 valence electrons. The maximum Gasteiger partial charge on any atom is 0.329 e. The summed E-state index contributed by atoms with van der Waals surface area (Å²) in [6, 6.07) is 7.94. The molecular weight excluding hydrogens is 238 g/mol. The molecule has 0 saturated heterocycles. The van der Waals surface area contributed by atoms with Gasteiger partial charge in [-0.3, -0.25) is 0 Å². The lowest BCUT2D eigenvalue weighted by Gasteiger charge is -2.38. The summed E-state index contributed by atoms with van der Waals surface area (Å²) < 4.78 is 0. The first-order valence-corrected chi connectivity index (χ1v) is 7.14. The molecule has 0 aliphatic heterocycles. The number of aryl methyl sites for hydroxylation is 1. The summed E-state index contributed by atoms with van der Waals surface area (Å²) in [4.78, 5) is 11.7. The molecule has 1 aliphatic carbocycles. The summed E-state index contributed by atoms with van der Waals surface area (Å²) in [5.74, 6) is -0.0321. The summed E-state index contributed by atoms with van der Waals surface area (Å²) in [7, 11) is 0. The van der Waals surface area contributed by atoms with Crippen LogP contribution in [0.2, 0.25) is 0 Å². The molecule has 2 N–H and O–H groups in total. The summed E-state index contributed by atoms with van der Waals surface area (Å²) in [5.41, 5.74) is 1.28. The van der Waals surface area contributed by atoms with Crippen LogP contribution in [-0.4, -0.2) is 16.6 Å². The van der Waals surface area contributed by atoms with Crippen molar-refractivity contribution in [1.29, 1.82) is 0 Å². The Morgan fingerprint density at radius 2 is 2.11 bits per heavy atom. The van der Waals surface area contributed by atoms with E-state index in [-0.39, 0.29) is 0 Å². The van der Waals surface area contributed by atoms with Gasteiger partial charge in [-0.2, -0.15) is 0 Å². The molecule has 1 aromatic carbocycles. The average molecular weight is 261 g/mol. The Labute approximate surface area is 115 Å². The van der Waals surface area contributed by atoms with E-state index in [1.807, 2.05) is 31.2 Å². The van der Waals surface area contributed by atoms with Crippen LogP contribution in [0.4, 0.5) is 5.69 Å². The van der Waals surface area contributed by atoms with E-state index >= 15 is 0 Å². The van der Waals surface area contributed by atoms with Gasteiger partial charge in [0.1, 0.15) is 5.54 Å². The minimum atomic E-state index is -0.778. The number of carboxylic acids is 1. The molecule has 3 nitrogen and oxygen atoms in total. The SMILES string of the molecule is CCC1CCC(Nc2cccc(C)c2)(C(=O)O)CC1. The third kappa shape index (κ3) is 3.09. The minimum absolute atomic E-state index is 0.687. The van der Waals surface area contributed by atoms with Gasteiger partial charge in [0.2, 0.25) is 0 Å². The molecular formula is C16H23NO2. The first-order chi connectivity index (χ1) is 9.05. The Bertz CT molecular complexity index is 448. The molecule has 2 rings (SSSR count). The highest BCUT2D eigenvalue weighted by Crippen LogP contribution is 2.36. The lowest BCUT2D eigenvalue weighted by molar-refractivity contribution is -0.143. The molecule has 0 heterocycles. The van der Waals surface area contributed by atoms with Crippen LogP contribution in [0, 0.1) is 12.8 Å². The molecule has 1 saturated carbocycles. The zero-order valence-electron chi connectivity index (χ0n) is 11.8. The van der Waals surface area contributed by atoms with E-state index in [4.69, 9.17) is 0 Å². The van der Waals surface area contributed by atoms with Crippen molar-refractivity contribution in [2.24, 2.45) is 5.92 Å². The average Bonchev–Trinajstić information content (AvgIpc) is 2.39. The van der Waals surface area contributed by atoms with Crippen LogP contribution >= 0.6 is 0 Å². The van der Waals surface area contributed by atoms with E-state index < -0.39 is 11.5 Å². The highest BCUT2D eigenvalue weighted by molar-refractivity contribution is 5.83. The quantitative estimate of drug-likeness (QED) is 0.866. The van der Waals surface area contributed by atoms with Gasteiger partial charge in [-0.15, -0.1) is 0 Å². The van der Waals surface area contributed by atoms with Gasteiger partial charge in [0, 0.05) is 5.69 Å². The topological polar surface area (TPSA) is 49.3 Å². The first-order valence-electron chi connectivity index (χ1n) is 7.14. The molecule has 0 unspecified atom stereocenters. The van der Waals surface area contributed by atoms with Crippen molar-refractivity contribution < 1.29 is 9.90 Å². The van der Waals surface area contributed by atoms with Crippen LogP contribution in [0.25, 0.3) is 0 Å². The van der Waals surface area contributed by atoms with Crippen molar-refractivity contribution in [3.05, 3.63) is 29.8 Å². The molecule has 1 aliphatic rings. The number of carboxylic acid groups (broad SMARTS) is 1. The standard InChI is InChI=1S/C16H23NO2/c1-3-13-7-9-16(10-8-13,15(18)19)17-14-6-4-5-12(2)11-14/h4-6,11,13,17H,3,7-10H2,1-2H3,(H,18,19). The summed E-state index contributed by atoms with van der Waals surface area (Å²) in [6.45, 7) is 4.21. The van der Waals surface area contributed by atoms with Gasteiger partial charge < -0.3 is 10.4 Å². The first kappa shape index (κ1) is 13.9. The smallest absolute Gasteiger partial charge is 0.329 e. The lowest BCUT2D eigenvalue weighted by atomic mass is 9.75. The molecule has 0 spiro atoms. The highest BCUT2D eigenvalue weighted by atomic mass is 16.4. The van der Waals surface area contributed by atoms with Crippen LogP contribution in [0.1, 0.15) is 44.6 Å². The Morgan fingerprint density at radius 3 is 2.63 bits per heavy atom. The second-order valence-electron chi connectivity index (χ2n) is 5.73. The Morgan fingerprint density at radius 1 is 1.42 bits per heavy atom. The van der Waals surface area contributed by atoms with Gasteiger partial charge in [-0.1, -0.05) is 25.5 Å². The van der Waals surface area contributed by atoms with Crippen molar-refractivity contribution in [3.8, 4) is 0 Å². The van der Waals surface area contributed by atoms with Crippen molar-refractivity contribution in [2.45, 2.75) is 51.5 Å². The molecule has 0 amide bonds. The van der Waals surface area contributed by atoms with E-state index in [1.165, 1.54) is 0 Å². The molecule has 1 fully saturated rings. The van der Waals surface area contributed by atoms with Gasteiger partial charge in [0.05, 0.1) is 0 Å². The number of anilines is 1. The molecule has 1 aromatic rings. The predicted octanol–water partition coefficient (Wildman–Crippen LogP) is 3.83. The highest BCUT2D eigenvalue weighted by Gasteiger charge is 2.41. The Hall–Kier alpha value is -1.51. The van der Waals surface area contributed by atoms with E-state index in [9.17, 15) is 9.90 Å². The predicted molar refractivity (Wildman–Crippen MR) is 77.4 cm³/mol. The Balaban J connectivity index is 2.15. The zero-order valence-corrected chi connectivity index (χ0v) is 11.8. The van der Waals surface area contributed by atoms with Crippen LogP contribution in [-0.2, 0) is 4.79 Å². The largest absolute Gasteiger partial charge is 0.480 e. The third-order valence-corrected chi connectivity index (χ3v) is 4.35. The number of carbonyl (C=O) groups is 1. The fourth-order valence-electron chi connectivity index (χ4n) is 2.97. The lowest BCUT2D eigenvalue weighted by Crippen LogP contribution is -2.49. The molecule has 0 bridgehead atoms. The molecule has 0 aromatic heterocycles. The van der Waals surface area contributed by atoms with Gasteiger partial charge in [0.15, 0.2) is 0 Å². The zero-order chi connectivity index (χ0) is 13.9. The fraction of sp³-hybridized carbons (Fsp3) is 0.562. The van der Waals surface area contributed by atoms with E-state index in [0.29, 0.717) is 5.92 Å². The van der Waals surface area contributed by atoms with Gasteiger partial charge in [-0.25, -0.2) is 4.79 Å². The number of hydrogen-bond donors (Lipinski definition) is 2. The number of aliphatic carboxylic acids is 1. The van der Waals surface area contributed by atoms with Gasteiger partial charge in [0.25, 0.3) is 0 Å². The van der Waals surface area contributed by atoms with E-state index in [1.54, 1.807) is 0 Å². The van der Waals surface area contributed by atoms with Gasteiger partial charge >= 0.3 is 5.97 Å². The maximum atomic E-state index is 11.7. The summed E-state index contributed by atoms with van der Waals surface area (Å²) >= 11 is 0. The van der Waals surface area contributed by atoms with Crippen LogP contribution in [0.3, 0.4) is 0 Å². The molecule has 3 heteroatoms. The van der Waals surface area contributed by atoms with Crippen LogP contribution in [0.5, 0.6) is 0 Å². The number of benzene rings is 1. The normalized spacial score (nSPS) is 26.9. The third-order valence-electron chi connectivity index (χ3n) is 4.35. The minimum Gasteiger partial charge on any atom is -0.480 e. The van der Waals surface area contributed by atoms with E-state index in [2.05, 4.69) is 12.2 Å². The number of rotatable bonds is 4. The number of hydrogen-bond acceptors (Lipinski definition) is 2. The van der Waals surface area contributed by atoms with Gasteiger partial charge in [-0.05, 0) is 56.2 Å². The monoisotopic (exact) mass is 261 g/mol. The van der Waals surface area contributed by atoms with Crippen LogP contribution < -0.4 is 5.32 Å².